The lowest BCUT2D eigenvalue weighted by Crippen LogP contribution is -2.28. The number of amides is 2. The van der Waals surface area contributed by atoms with Crippen molar-refractivity contribution in [3.63, 3.8) is 0 Å². The summed E-state index contributed by atoms with van der Waals surface area (Å²) in [6.07, 6.45) is 0. The van der Waals surface area contributed by atoms with Gasteiger partial charge in [-0.05, 0) is 42.3 Å². The molecule has 2 aromatic rings. The van der Waals surface area contributed by atoms with E-state index in [-0.39, 0.29) is 12.8 Å². The average molecular weight is 319 g/mol. The molecule has 2 aromatic carbocycles. The molecular weight excluding hydrogens is 304 g/mol. The molecule has 6 heteroatoms. The second-order valence-corrected chi connectivity index (χ2v) is 5.31. The maximum Gasteiger partial charge on any atom is 0.319 e. The Kier molecular flexibility index (Phi) is 4.06. The van der Waals surface area contributed by atoms with E-state index in [2.05, 4.69) is 10.6 Å². The highest BCUT2D eigenvalue weighted by atomic mass is 35.5. The summed E-state index contributed by atoms with van der Waals surface area (Å²) in [6, 6.07) is 10.7. The van der Waals surface area contributed by atoms with Gasteiger partial charge in [0.25, 0.3) is 0 Å². The number of rotatable bonds is 3. The maximum atomic E-state index is 12.0. The highest BCUT2D eigenvalue weighted by molar-refractivity contribution is 6.31. The zero-order chi connectivity index (χ0) is 15.5. The largest absolute Gasteiger partial charge is 0.454 e. The fourth-order valence-electron chi connectivity index (χ4n) is 2.14. The second-order valence-electron chi connectivity index (χ2n) is 4.91. The van der Waals surface area contributed by atoms with Crippen molar-refractivity contribution in [1.82, 2.24) is 5.32 Å². The molecule has 0 fully saturated rings. The van der Waals surface area contributed by atoms with Crippen molar-refractivity contribution < 1.29 is 14.3 Å². The summed E-state index contributed by atoms with van der Waals surface area (Å²) in [5.41, 5.74) is 2.46. The van der Waals surface area contributed by atoms with Crippen molar-refractivity contribution in [2.45, 2.75) is 13.5 Å². The highest BCUT2D eigenvalue weighted by Gasteiger charge is 2.13. The van der Waals surface area contributed by atoms with Crippen molar-refractivity contribution in [3.05, 3.63) is 52.5 Å². The number of carbonyl (C=O) groups is 1. The van der Waals surface area contributed by atoms with E-state index < -0.39 is 0 Å². The van der Waals surface area contributed by atoms with Crippen molar-refractivity contribution in [2.75, 3.05) is 12.1 Å². The number of halogens is 1. The molecule has 0 atom stereocenters. The number of hydrogen-bond acceptors (Lipinski definition) is 3. The summed E-state index contributed by atoms with van der Waals surface area (Å²) in [6.45, 7) is 2.48. The van der Waals surface area contributed by atoms with Crippen LogP contribution in [0.5, 0.6) is 11.5 Å². The normalized spacial score (nSPS) is 12.1. The van der Waals surface area contributed by atoms with Crippen LogP contribution in [-0.4, -0.2) is 12.8 Å². The Morgan fingerprint density at radius 1 is 1.23 bits per heavy atom. The first-order valence-electron chi connectivity index (χ1n) is 6.82. The minimum Gasteiger partial charge on any atom is -0.454 e. The fourth-order valence-corrected chi connectivity index (χ4v) is 2.32. The predicted octanol–water partition coefficient (Wildman–Crippen LogP) is 3.70. The SMILES string of the molecule is Cc1c(Cl)cccc1NC(=O)NCc1ccc2c(c1)OCO2. The predicted molar refractivity (Wildman–Crippen MR) is 84.6 cm³/mol. The highest BCUT2D eigenvalue weighted by Crippen LogP contribution is 2.32. The first kappa shape index (κ1) is 14.5. The van der Waals surface area contributed by atoms with Gasteiger partial charge in [0.15, 0.2) is 11.5 Å². The van der Waals surface area contributed by atoms with Crippen LogP contribution in [0.1, 0.15) is 11.1 Å². The summed E-state index contributed by atoms with van der Waals surface area (Å²) in [5.74, 6) is 1.42. The molecule has 1 heterocycles. The van der Waals surface area contributed by atoms with Crippen molar-refractivity contribution in [3.8, 4) is 11.5 Å². The minimum absolute atomic E-state index is 0.237. The van der Waals surface area contributed by atoms with Crippen molar-refractivity contribution in [2.24, 2.45) is 0 Å². The fraction of sp³-hybridized carbons (Fsp3) is 0.188. The van der Waals surface area contributed by atoms with Gasteiger partial charge >= 0.3 is 6.03 Å². The Hall–Kier alpha value is -2.40. The van der Waals surface area contributed by atoms with Gasteiger partial charge in [-0.2, -0.15) is 0 Å². The van der Waals surface area contributed by atoms with Gasteiger partial charge < -0.3 is 20.1 Å². The Morgan fingerprint density at radius 3 is 2.91 bits per heavy atom. The Balaban J connectivity index is 1.59. The summed E-state index contributed by atoms with van der Waals surface area (Å²) < 4.78 is 10.6. The number of nitrogens with one attached hydrogen (secondary N) is 2. The van der Waals surface area contributed by atoms with Gasteiger partial charge in [-0.15, -0.1) is 0 Å². The van der Waals surface area contributed by atoms with Crippen molar-refractivity contribution >= 4 is 23.3 Å². The summed E-state index contributed by atoms with van der Waals surface area (Å²) in [5, 5.41) is 6.20. The molecule has 0 spiro atoms. The van der Waals surface area contributed by atoms with E-state index >= 15 is 0 Å². The summed E-state index contributed by atoms with van der Waals surface area (Å²) >= 11 is 6.03. The molecule has 0 aliphatic carbocycles. The minimum atomic E-state index is -0.289. The third-order valence-electron chi connectivity index (χ3n) is 3.41. The van der Waals surface area contributed by atoms with Crippen LogP contribution in [0.2, 0.25) is 5.02 Å². The monoisotopic (exact) mass is 318 g/mol. The van der Waals surface area contributed by atoms with Crippen LogP contribution >= 0.6 is 11.6 Å². The third kappa shape index (κ3) is 3.09. The number of anilines is 1. The van der Waals surface area contributed by atoms with Gasteiger partial charge in [0.05, 0.1) is 0 Å². The Morgan fingerprint density at radius 2 is 2.05 bits per heavy atom. The van der Waals surface area contributed by atoms with E-state index in [4.69, 9.17) is 21.1 Å². The Bertz CT molecular complexity index is 719. The molecule has 2 amide bonds. The molecule has 22 heavy (non-hydrogen) atoms. The lowest BCUT2D eigenvalue weighted by Gasteiger charge is -2.11. The zero-order valence-electron chi connectivity index (χ0n) is 12.0. The number of fused-ring (bicyclic) bond motifs is 1. The average Bonchev–Trinajstić information content (AvgIpc) is 2.97. The molecule has 5 nitrogen and oxygen atoms in total. The van der Waals surface area contributed by atoms with Crippen LogP contribution in [0.4, 0.5) is 10.5 Å². The molecule has 3 rings (SSSR count). The van der Waals surface area contributed by atoms with Crippen LogP contribution < -0.4 is 20.1 Å². The molecule has 114 valence electrons. The van der Waals surface area contributed by atoms with Crippen molar-refractivity contribution in [1.29, 1.82) is 0 Å². The molecule has 0 saturated heterocycles. The molecule has 0 unspecified atom stereocenters. The van der Waals surface area contributed by atoms with E-state index in [0.717, 1.165) is 16.9 Å². The lowest BCUT2D eigenvalue weighted by atomic mass is 10.2. The van der Waals surface area contributed by atoms with Gasteiger partial charge in [-0.1, -0.05) is 23.7 Å². The van der Waals surface area contributed by atoms with Gasteiger partial charge in [0.1, 0.15) is 0 Å². The summed E-state index contributed by atoms with van der Waals surface area (Å²) in [4.78, 5) is 12.0. The number of carbonyl (C=O) groups excluding carboxylic acids is 1. The second kappa shape index (κ2) is 6.15. The zero-order valence-corrected chi connectivity index (χ0v) is 12.7. The Labute approximate surface area is 133 Å². The van der Waals surface area contributed by atoms with E-state index in [1.165, 1.54) is 0 Å². The molecule has 0 bridgehead atoms. The van der Waals surface area contributed by atoms with Crippen LogP contribution in [-0.2, 0) is 6.54 Å². The first-order chi connectivity index (χ1) is 10.6. The van der Waals surface area contributed by atoms with Crippen LogP contribution in [0, 0.1) is 6.92 Å². The smallest absolute Gasteiger partial charge is 0.319 e. The van der Waals surface area contributed by atoms with Crippen LogP contribution in [0.3, 0.4) is 0 Å². The molecular formula is C16H15ClN2O3. The van der Waals surface area contributed by atoms with Gasteiger partial charge in [0, 0.05) is 17.3 Å². The first-order valence-corrected chi connectivity index (χ1v) is 7.20. The topological polar surface area (TPSA) is 59.6 Å². The number of hydrogen-bond donors (Lipinski definition) is 2. The quantitative estimate of drug-likeness (QED) is 0.907. The molecule has 1 aliphatic rings. The lowest BCUT2D eigenvalue weighted by molar-refractivity contribution is 0.174. The van der Waals surface area contributed by atoms with E-state index in [0.29, 0.717) is 23.0 Å². The van der Waals surface area contributed by atoms with E-state index in [1.807, 2.05) is 25.1 Å². The maximum absolute atomic E-state index is 12.0. The van der Waals surface area contributed by atoms with E-state index in [1.54, 1.807) is 18.2 Å². The number of urea groups is 1. The molecule has 0 radical (unpaired) electrons. The number of benzene rings is 2. The van der Waals surface area contributed by atoms with Gasteiger partial charge in [0.2, 0.25) is 6.79 Å². The van der Waals surface area contributed by atoms with E-state index in [9.17, 15) is 4.79 Å². The standard InChI is InChI=1S/C16H15ClN2O3/c1-10-12(17)3-2-4-13(10)19-16(20)18-8-11-5-6-14-15(7-11)22-9-21-14/h2-7H,8-9H2,1H3,(H2,18,19,20). The van der Waals surface area contributed by atoms with Gasteiger partial charge in [-0.25, -0.2) is 4.79 Å². The molecule has 0 aromatic heterocycles. The molecule has 0 saturated carbocycles. The summed E-state index contributed by atoms with van der Waals surface area (Å²) in [7, 11) is 0. The molecule has 2 N–H and O–H groups in total. The molecule has 1 aliphatic heterocycles. The van der Waals surface area contributed by atoms with Crippen LogP contribution in [0.25, 0.3) is 0 Å². The number of ether oxygens (including phenoxy) is 2. The van der Waals surface area contributed by atoms with Gasteiger partial charge in [-0.3, -0.25) is 0 Å². The third-order valence-corrected chi connectivity index (χ3v) is 3.82. The van der Waals surface area contributed by atoms with Crippen LogP contribution in [0.15, 0.2) is 36.4 Å².